The Kier molecular flexibility index (Phi) is 3.52. The molecule has 0 aromatic heterocycles. The first kappa shape index (κ1) is 13.8. The summed E-state index contributed by atoms with van der Waals surface area (Å²) >= 11 is 0. The molecule has 106 valence electrons. The van der Waals surface area contributed by atoms with Crippen LogP contribution in [0.1, 0.15) is 33.9 Å². The van der Waals surface area contributed by atoms with Crippen LogP contribution in [0.15, 0.2) is 54.6 Å². The molecule has 0 amide bonds. The fraction of sp³-hybridized carbons (Fsp3) is 0.200. The van der Waals surface area contributed by atoms with E-state index in [1.165, 1.54) is 38.6 Å². The topological polar surface area (TPSA) is 26.0 Å². The molecule has 21 heavy (non-hydrogen) atoms. The fourth-order valence-electron chi connectivity index (χ4n) is 3.22. The van der Waals surface area contributed by atoms with Crippen molar-refractivity contribution in [2.24, 2.45) is 5.73 Å². The maximum Gasteiger partial charge on any atom is 0.0563 e. The summed E-state index contributed by atoms with van der Waals surface area (Å²) in [4.78, 5) is 0. The van der Waals surface area contributed by atoms with E-state index in [4.69, 9.17) is 5.73 Å². The van der Waals surface area contributed by atoms with Crippen molar-refractivity contribution in [3.63, 3.8) is 0 Å². The van der Waals surface area contributed by atoms with Crippen LogP contribution in [-0.2, 0) is 0 Å². The minimum atomic E-state index is -0.0864. The predicted molar refractivity (Wildman–Crippen MR) is 90.6 cm³/mol. The summed E-state index contributed by atoms with van der Waals surface area (Å²) in [6, 6.07) is 19.1. The van der Waals surface area contributed by atoms with Crippen LogP contribution in [-0.4, -0.2) is 0 Å². The highest BCUT2D eigenvalue weighted by atomic mass is 14.6. The predicted octanol–water partition coefficient (Wildman–Crippen LogP) is 4.81. The molecule has 0 saturated heterocycles. The lowest BCUT2D eigenvalue weighted by atomic mass is 9.88. The van der Waals surface area contributed by atoms with Gasteiger partial charge < -0.3 is 5.73 Å². The summed E-state index contributed by atoms with van der Waals surface area (Å²) in [5.41, 5.74) is 12.9. The van der Waals surface area contributed by atoms with E-state index < -0.39 is 0 Å². The Balaban J connectivity index is 2.23. The summed E-state index contributed by atoms with van der Waals surface area (Å²) in [5, 5.41) is 2.55. The molecule has 1 heteroatoms. The second-order valence-electron chi connectivity index (χ2n) is 5.80. The molecule has 2 N–H and O–H groups in total. The van der Waals surface area contributed by atoms with Crippen molar-refractivity contribution in [3.8, 4) is 0 Å². The number of hydrogen-bond acceptors (Lipinski definition) is 1. The largest absolute Gasteiger partial charge is 0.320 e. The third-order valence-electron chi connectivity index (χ3n) is 4.36. The van der Waals surface area contributed by atoms with Crippen LogP contribution < -0.4 is 5.73 Å². The van der Waals surface area contributed by atoms with Gasteiger partial charge in [-0.1, -0.05) is 54.6 Å². The van der Waals surface area contributed by atoms with Gasteiger partial charge in [-0.15, -0.1) is 0 Å². The Morgan fingerprint density at radius 2 is 1.29 bits per heavy atom. The molecule has 0 aliphatic carbocycles. The molecule has 0 aliphatic heterocycles. The molecule has 0 aliphatic rings. The molecule has 3 aromatic rings. The van der Waals surface area contributed by atoms with E-state index in [1.54, 1.807) is 0 Å². The zero-order valence-electron chi connectivity index (χ0n) is 12.9. The first-order valence-electron chi connectivity index (χ1n) is 7.39. The lowest BCUT2D eigenvalue weighted by Crippen LogP contribution is -2.15. The van der Waals surface area contributed by atoms with Gasteiger partial charge in [0.2, 0.25) is 0 Å². The smallest absolute Gasteiger partial charge is 0.0563 e. The zero-order chi connectivity index (χ0) is 15.0. The number of fused-ring (bicyclic) bond motifs is 1. The van der Waals surface area contributed by atoms with Crippen LogP contribution in [0, 0.1) is 20.8 Å². The second kappa shape index (κ2) is 5.34. The second-order valence-corrected chi connectivity index (χ2v) is 5.80. The Morgan fingerprint density at radius 1 is 0.667 bits per heavy atom. The minimum absolute atomic E-state index is 0.0864. The highest BCUT2D eigenvalue weighted by Gasteiger charge is 2.16. The quantitative estimate of drug-likeness (QED) is 0.713. The van der Waals surface area contributed by atoms with Gasteiger partial charge >= 0.3 is 0 Å². The average Bonchev–Trinajstić information content (AvgIpc) is 2.47. The van der Waals surface area contributed by atoms with Crippen LogP contribution in [0.3, 0.4) is 0 Å². The van der Waals surface area contributed by atoms with E-state index in [0.717, 1.165) is 0 Å². The molecule has 1 nitrogen and oxygen atoms in total. The Morgan fingerprint density at radius 3 is 1.95 bits per heavy atom. The highest BCUT2D eigenvalue weighted by molar-refractivity contribution is 5.89. The molecule has 0 radical (unpaired) electrons. The molecule has 0 spiro atoms. The highest BCUT2D eigenvalue weighted by Crippen LogP contribution is 2.32. The SMILES string of the molecule is Cc1cccc(C)c1C(N)c1ccc(C)c2ccccc12. The van der Waals surface area contributed by atoms with Gasteiger partial charge in [-0.3, -0.25) is 0 Å². The van der Waals surface area contributed by atoms with Crippen LogP contribution >= 0.6 is 0 Å². The van der Waals surface area contributed by atoms with E-state index in [0.29, 0.717) is 0 Å². The molecule has 1 atom stereocenters. The molecule has 0 bridgehead atoms. The molecular weight excluding hydrogens is 254 g/mol. The number of nitrogens with two attached hydrogens (primary N) is 1. The minimum Gasteiger partial charge on any atom is -0.320 e. The monoisotopic (exact) mass is 275 g/mol. The number of rotatable bonds is 2. The summed E-state index contributed by atoms with van der Waals surface area (Å²) in [6.45, 7) is 6.42. The van der Waals surface area contributed by atoms with E-state index >= 15 is 0 Å². The van der Waals surface area contributed by atoms with Gasteiger partial charge in [0.15, 0.2) is 0 Å². The molecule has 1 unspecified atom stereocenters. The number of aryl methyl sites for hydroxylation is 3. The van der Waals surface area contributed by atoms with Gasteiger partial charge in [0.05, 0.1) is 6.04 Å². The van der Waals surface area contributed by atoms with Crippen molar-refractivity contribution in [3.05, 3.63) is 82.4 Å². The van der Waals surface area contributed by atoms with Gasteiger partial charge in [-0.2, -0.15) is 0 Å². The summed E-state index contributed by atoms with van der Waals surface area (Å²) < 4.78 is 0. The standard InChI is InChI=1S/C20H21N/c1-13-11-12-18(17-10-5-4-9-16(13)17)20(21)19-14(2)7-6-8-15(19)3/h4-12,20H,21H2,1-3H3. The maximum atomic E-state index is 6.63. The van der Waals surface area contributed by atoms with E-state index in [2.05, 4.69) is 75.4 Å². The lowest BCUT2D eigenvalue weighted by Gasteiger charge is -2.20. The van der Waals surface area contributed by atoms with Crippen molar-refractivity contribution in [2.75, 3.05) is 0 Å². The zero-order valence-corrected chi connectivity index (χ0v) is 12.9. The first-order valence-corrected chi connectivity index (χ1v) is 7.39. The molecular formula is C20H21N. The summed E-state index contributed by atoms with van der Waals surface area (Å²) in [7, 11) is 0. The molecule has 3 rings (SSSR count). The fourth-order valence-corrected chi connectivity index (χ4v) is 3.22. The first-order chi connectivity index (χ1) is 10.1. The molecule has 0 heterocycles. The summed E-state index contributed by atoms with van der Waals surface area (Å²) in [5.74, 6) is 0. The molecule has 0 fully saturated rings. The van der Waals surface area contributed by atoms with Crippen LogP contribution in [0.2, 0.25) is 0 Å². The van der Waals surface area contributed by atoms with Crippen molar-refractivity contribution in [1.82, 2.24) is 0 Å². The third-order valence-corrected chi connectivity index (χ3v) is 4.36. The van der Waals surface area contributed by atoms with Gasteiger partial charge in [0.1, 0.15) is 0 Å². The van der Waals surface area contributed by atoms with E-state index in [9.17, 15) is 0 Å². The van der Waals surface area contributed by atoms with Gasteiger partial charge in [-0.25, -0.2) is 0 Å². The summed E-state index contributed by atoms with van der Waals surface area (Å²) in [6.07, 6.45) is 0. The number of hydrogen-bond donors (Lipinski definition) is 1. The normalized spacial score (nSPS) is 12.6. The van der Waals surface area contributed by atoms with Gasteiger partial charge in [0.25, 0.3) is 0 Å². The van der Waals surface area contributed by atoms with Crippen molar-refractivity contribution in [1.29, 1.82) is 0 Å². The Labute approximate surface area is 126 Å². The third kappa shape index (κ3) is 2.34. The Hall–Kier alpha value is -2.12. The Bertz CT molecular complexity index is 782. The van der Waals surface area contributed by atoms with E-state index in [1.807, 2.05) is 0 Å². The van der Waals surface area contributed by atoms with Crippen LogP contribution in [0.5, 0.6) is 0 Å². The average molecular weight is 275 g/mol. The lowest BCUT2D eigenvalue weighted by molar-refractivity contribution is 0.859. The van der Waals surface area contributed by atoms with Gasteiger partial charge in [0, 0.05) is 0 Å². The van der Waals surface area contributed by atoms with Crippen LogP contribution in [0.25, 0.3) is 10.8 Å². The van der Waals surface area contributed by atoms with Crippen molar-refractivity contribution in [2.45, 2.75) is 26.8 Å². The van der Waals surface area contributed by atoms with E-state index in [-0.39, 0.29) is 6.04 Å². The van der Waals surface area contributed by atoms with Crippen molar-refractivity contribution < 1.29 is 0 Å². The maximum absolute atomic E-state index is 6.63. The number of benzene rings is 3. The molecule has 0 saturated carbocycles. The van der Waals surface area contributed by atoms with Crippen molar-refractivity contribution >= 4 is 10.8 Å². The van der Waals surface area contributed by atoms with Crippen LogP contribution in [0.4, 0.5) is 0 Å². The van der Waals surface area contributed by atoms with Gasteiger partial charge in [-0.05, 0) is 59.4 Å². The molecule has 3 aromatic carbocycles.